The molecular formula is C18H17FO2. The molecule has 0 spiro atoms. The summed E-state index contributed by atoms with van der Waals surface area (Å²) in [7, 11) is 0. The van der Waals surface area contributed by atoms with Gasteiger partial charge in [-0.2, -0.15) is 0 Å². The number of hydrogen-bond acceptors (Lipinski definition) is 2. The Bertz CT molecular complexity index is 689. The van der Waals surface area contributed by atoms with Crippen LogP contribution in [0.15, 0.2) is 48.5 Å². The summed E-state index contributed by atoms with van der Waals surface area (Å²) in [5.41, 5.74) is 1.24. The Hall–Kier alpha value is -2.29. The van der Waals surface area contributed by atoms with E-state index in [2.05, 4.69) is 0 Å². The highest BCUT2D eigenvalue weighted by Gasteiger charge is 2.21. The van der Waals surface area contributed by atoms with Gasteiger partial charge in [0.2, 0.25) is 0 Å². The number of benzene rings is 2. The molecule has 2 aromatic rings. The van der Waals surface area contributed by atoms with Crippen LogP contribution in [0.2, 0.25) is 0 Å². The molecule has 108 valence electrons. The number of rotatable bonds is 3. The van der Waals surface area contributed by atoms with Crippen molar-refractivity contribution in [2.24, 2.45) is 0 Å². The molecule has 0 saturated carbocycles. The van der Waals surface area contributed by atoms with Crippen LogP contribution in [-0.4, -0.2) is 5.60 Å². The fourth-order valence-electron chi connectivity index (χ4n) is 2.21. The fraction of sp³-hybridized carbons (Fsp3) is 0.222. The van der Waals surface area contributed by atoms with Gasteiger partial charge >= 0.3 is 0 Å². The summed E-state index contributed by atoms with van der Waals surface area (Å²) >= 11 is 0. The molecule has 1 heterocycles. The third-order valence-electron chi connectivity index (χ3n) is 3.37. The van der Waals surface area contributed by atoms with Crippen molar-refractivity contribution in [1.82, 2.24) is 0 Å². The van der Waals surface area contributed by atoms with Crippen LogP contribution in [0.3, 0.4) is 0 Å². The van der Waals surface area contributed by atoms with Gasteiger partial charge in [0.05, 0.1) is 0 Å². The minimum absolute atomic E-state index is 0.199. The largest absolute Gasteiger partial charge is 0.489 e. The summed E-state index contributed by atoms with van der Waals surface area (Å²) in [5.74, 6) is 1.20. The summed E-state index contributed by atoms with van der Waals surface area (Å²) in [4.78, 5) is 0. The highest BCUT2D eigenvalue weighted by Crippen LogP contribution is 2.33. The molecule has 0 radical (unpaired) electrons. The maximum atomic E-state index is 13.6. The third kappa shape index (κ3) is 3.07. The SMILES string of the molecule is CC1(C)C=Cc2ccc(OCc3ccccc3F)cc2O1. The normalized spacial score (nSPS) is 15.2. The number of ether oxygens (including phenoxy) is 2. The molecule has 0 unspecified atom stereocenters. The summed E-state index contributed by atoms with van der Waals surface area (Å²) in [6, 6.07) is 12.3. The monoisotopic (exact) mass is 284 g/mol. The second kappa shape index (κ2) is 5.24. The second-order valence-electron chi connectivity index (χ2n) is 5.62. The predicted molar refractivity (Wildman–Crippen MR) is 80.9 cm³/mol. The summed E-state index contributed by atoms with van der Waals surface area (Å²) < 4.78 is 25.1. The molecule has 0 amide bonds. The highest BCUT2D eigenvalue weighted by atomic mass is 19.1. The highest BCUT2D eigenvalue weighted by molar-refractivity contribution is 5.62. The molecule has 0 atom stereocenters. The topological polar surface area (TPSA) is 18.5 Å². The van der Waals surface area contributed by atoms with E-state index in [1.165, 1.54) is 6.07 Å². The molecule has 3 heteroatoms. The molecule has 0 fully saturated rings. The van der Waals surface area contributed by atoms with E-state index < -0.39 is 0 Å². The summed E-state index contributed by atoms with van der Waals surface area (Å²) in [6.45, 7) is 4.20. The van der Waals surface area contributed by atoms with E-state index in [1.54, 1.807) is 18.2 Å². The quantitative estimate of drug-likeness (QED) is 0.820. The van der Waals surface area contributed by atoms with Crippen molar-refractivity contribution in [1.29, 1.82) is 0 Å². The number of fused-ring (bicyclic) bond motifs is 1. The van der Waals surface area contributed by atoms with E-state index in [0.29, 0.717) is 11.3 Å². The molecule has 2 nitrogen and oxygen atoms in total. The first-order valence-electron chi connectivity index (χ1n) is 6.92. The van der Waals surface area contributed by atoms with E-state index >= 15 is 0 Å². The Morgan fingerprint density at radius 3 is 2.76 bits per heavy atom. The maximum Gasteiger partial charge on any atom is 0.131 e. The molecule has 21 heavy (non-hydrogen) atoms. The molecule has 2 aromatic carbocycles. The molecule has 1 aliphatic rings. The first kappa shape index (κ1) is 13.7. The van der Waals surface area contributed by atoms with E-state index in [1.807, 2.05) is 44.2 Å². The van der Waals surface area contributed by atoms with Gasteiger partial charge in [-0.15, -0.1) is 0 Å². The molecule has 0 aromatic heterocycles. The van der Waals surface area contributed by atoms with Crippen LogP contribution >= 0.6 is 0 Å². The van der Waals surface area contributed by atoms with Gasteiger partial charge < -0.3 is 9.47 Å². The molecule has 0 N–H and O–H groups in total. The van der Waals surface area contributed by atoms with Crippen molar-refractivity contribution < 1.29 is 13.9 Å². The second-order valence-corrected chi connectivity index (χ2v) is 5.62. The standard InChI is InChI=1S/C18H17FO2/c1-18(2)10-9-13-7-8-15(11-17(13)21-18)20-12-14-5-3-4-6-16(14)19/h3-11H,12H2,1-2H3. The molecule has 0 aliphatic carbocycles. The Morgan fingerprint density at radius 2 is 1.95 bits per heavy atom. The Balaban J connectivity index is 1.76. The minimum Gasteiger partial charge on any atom is -0.489 e. The first-order chi connectivity index (χ1) is 10.0. The van der Waals surface area contributed by atoms with Crippen molar-refractivity contribution in [3.63, 3.8) is 0 Å². The van der Waals surface area contributed by atoms with Crippen molar-refractivity contribution >= 4 is 6.08 Å². The Morgan fingerprint density at radius 1 is 1.14 bits per heavy atom. The van der Waals surface area contributed by atoms with Gasteiger partial charge in [0.25, 0.3) is 0 Å². The first-order valence-corrected chi connectivity index (χ1v) is 6.92. The lowest BCUT2D eigenvalue weighted by molar-refractivity contribution is 0.158. The zero-order valence-corrected chi connectivity index (χ0v) is 12.1. The zero-order chi connectivity index (χ0) is 14.9. The molecule has 0 bridgehead atoms. The van der Waals surface area contributed by atoms with E-state index in [9.17, 15) is 4.39 Å². The van der Waals surface area contributed by atoms with Gasteiger partial charge in [-0.3, -0.25) is 0 Å². The average Bonchev–Trinajstić information content (AvgIpc) is 2.45. The summed E-state index contributed by atoms with van der Waals surface area (Å²) in [5, 5.41) is 0. The maximum absolute atomic E-state index is 13.6. The van der Waals surface area contributed by atoms with Crippen LogP contribution in [-0.2, 0) is 6.61 Å². The molecule has 1 aliphatic heterocycles. The van der Waals surface area contributed by atoms with Crippen LogP contribution in [0.4, 0.5) is 4.39 Å². The van der Waals surface area contributed by atoms with E-state index in [4.69, 9.17) is 9.47 Å². The predicted octanol–water partition coefficient (Wildman–Crippen LogP) is 4.59. The Kier molecular flexibility index (Phi) is 3.42. The van der Waals surface area contributed by atoms with E-state index in [0.717, 1.165) is 11.3 Å². The van der Waals surface area contributed by atoms with Gasteiger partial charge in [-0.1, -0.05) is 24.3 Å². The van der Waals surface area contributed by atoms with Crippen molar-refractivity contribution in [3.05, 3.63) is 65.5 Å². The van der Waals surface area contributed by atoms with Crippen LogP contribution in [0, 0.1) is 5.82 Å². The third-order valence-corrected chi connectivity index (χ3v) is 3.37. The van der Waals surface area contributed by atoms with Gasteiger partial charge in [-0.05, 0) is 38.1 Å². The molecule has 3 rings (SSSR count). The molecule has 0 saturated heterocycles. The lowest BCUT2D eigenvalue weighted by Gasteiger charge is -2.28. The zero-order valence-electron chi connectivity index (χ0n) is 12.1. The van der Waals surface area contributed by atoms with Gasteiger partial charge in [-0.25, -0.2) is 4.39 Å². The van der Waals surface area contributed by atoms with Gasteiger partial charge in [0, 0.05) is 17.2 Å². The van der Waals surface area contributed by atoms with Crippen molar-refractivity contribution in [2.75, 3.05) is 0 Å². The lowest BCUT2D eigenvalue weighted by atomic mass is 10.0. The van der Waals surface area contributed by atoms with Gasteiger partial charge in [0.1, 0.15) is 29.5 Å². The lowest BCUT2D eigenvalue weighted by Crippen LogP contribution is -2.27. The van der Waals surface area contributed by atoms with Crippen molar-refractivity contribution in [2.45, 2.75) is 26.1 Å². The van der Waals surface area contributed by atoms with E-state index in [-0.39, 0.29) is 18.0 Å². The Labute approximate surface area is 123 Å². The average molecular weight is 284 g/mol. The summed E-state index contributed by atoms with van der Waals surface area (Å²) in [6.07, 6.45) is 4.06. The van der Waals surface area contributed by atoms with Crippen LogP contribution < -0.4 is 9.47 Å². The van der Waals surface area contributed by atoms with Crippen LogP contribution in [0.5, 0.6) is 11.5 Å². The fourth-order valence-corrected chi connectivity index (χ4v) is 2.21. The van der Waals surface area contributed by atoms with Crippen LogP contribution in [0.1, 0.15) is 25.0 Å². The minimum atomic E-state index is -0.322. The van der Waals surface area contributed by atoms with Gasteiger partial charge in [0.15, 0.2) is 0 Å². The van der Waals surface area contributed by atoms with Crippen molar-refractivity contribution in [3.8, 4) is 11.5 Å². The molecular weight excluding hydrogens is 267 g/mol. The number of halogens is 1. The smallest absolute Gasteiger partial charge is 0.131 e. The van der Waals surface area contributed by atoms with Crippen LogP contribution in [0.25, 0.3) is 6.08 Å². The number of hydrogen-bond donors (Lipinski definition) is 0.